The molecule has 186 valence electrons. The average Bonchev–Trinajstić information content (AvgIpc) is 3.45. The van der Waals surface area contributed by atoms with Crippen LogP contribution >= 0.6 is 11.6 Å². The van der Waals surface area contributed by atoms with E-state index in [2.05, 4.69) is 22.5 Å². The van der Waals surface area contributed by atoms with E-state index >= 15 is 0 Å². The molecule has 1 aliphatic rings. The lowest BCUT2D eigenvalue weighted by Gasteiger charge is -2.32. The maximum atomic E-state index is 13.4. The SMILES string of the molecule is Cc1c(-c2cnn(C)c2)nn(-c2ccccc2)c1CC(=O)NC1CCCCC1Cc1ccc(Cl)cc1. The lowest BCUT2D eigenvalue weighted by Crippen LogP contribution is -2.43. The second kappa shape index (κ2) is 10.7. The van der Waals surface area contributed by atoms with Gasteiger partial charge in [0.05, 0.1) is 29.7 Å². The molecule has 1 aliphatic carbocycles. The van der Waals surface area contributed by atoms with Gasteiger partial charge in [0, 0.05) is 29.9 Å². The fourth-order valence-electron chi connectivity index (χ4n) is 5.31. The van der Waals surface area contributed by atoms with Crippen molar-refractivity contribution in [2.75, 3.05) is 0 Å². The molecule has 1 saturated carbocycles. The van der Waals surface area contributed by atoms with Gasteiger partial charge in [-0.25, -0.2) is 4.68 Å². The number of nitrogens with one attached hydrogen (secondary N) is 1. The van der Waals surface area contributed by atoms with Crippen molar-refractivity contribution >= 4 is 17.5 Å². The molecule has 6 nitrogen and oxygen atoms in total. The fraction of sp³-hybridized carbons (Fsp3) is 0.345. The highest BCUT2D eigenvalue weighted by Crippen LogP contribution is 2.30. The van der Waals surface area contributed by atoms with Gasteiger partial charge in [0.15, 0.2) is 0 Å². The Balaban J connectivity index is 1.37. The Hall–Kier alpha value is -3.38. The van der Waals surface area contributed by atoms with Crippen molar-refractivity contribution in [3.63, 3.8) is 0 Å². The van der Waals surface area contributed by atoms with Crippen molar-refractivity contribution in [1.29, 1.82) is 0 Å². The standard InChI is InChI=1S/C29H32ClN5O/c1-20-27(35(25-9-4-3-5-10-25)33-29(20)23-18-31-34(2)19-23)17-28(36)32-26-11-7-6-8-22(26)16-21-12-14-24(30)15-13-21/h3-5,9-10,12-15,18-19,22,26H,6-8,11,16-17H2,1-2H3,(H,32,36). The van der Waals surface area contributed by atoms with Crippen LogP contribution in [-0.4, -0.2) is 31.5 Å². The summed E-state index contributed by atoms with van der Waals surface area (Å²) in [5.74, 6) is 0.468. The number of amides is 1. The van der Waals surface area contributed by atoms with Crippen molar-refractivity contribution in [3.8, 4) is 16.9 Å². The molecule has 0 spiro atoms. The van der Waals surface area contributed by atoms with Crippen LogP contribution < -0.4 is 5.32 Å². The van der Waals surface area contributed by atoms with E-state index in [0.717, 1.165) is 58.9 Å². The summed E-state index contributed by atoms with van der Waals surface area (Å²) in [6, 6.07) is 18.3. The van der Waals surface area contributed by atoms with Gasteiger partial charge in [-0.05, 0) is 67.5 Å². The van der Waals surface area contributed by atoms with Gasteiger partial charge >= 0.3 is 0 Å². The molecule has 0 radical (unpaired) electrons. The number of aromatic nitrogens is 4. The van der Waals surface area contributed by atoms with Gasteiger partial charge in [-0.15, -0.1) is 0 Å². The Morgan fingerprint density at radius 1 is 1.08 bits per heavy atom. The summed E-state index contributed by atoms with van der Waals surface area (Å²) in [6.07, 6.45) is 9.50. The first-order valence-electron chi connectivity index (χ1n) is 12.6. The Morgan fingerprint density at radius 2 is 1.83 bits per heavy atom. The Bertz CT molecular complexity index is 1330. The van der Waals surface area contributed by atoms with E-state index in [9.17, 15) is 4.79 Å². The first kappa shape index (κ1) is 24.3. The monoisotopic (exact) mass is 501 g/mol. The van der Waals surface area contributed by atoms with E-state index < -0.39 is 0 Å². The summed E-state index contributed by atoms with van der Waals surface area (Å²) in [5, 5.41) is 13.4. The number of carbonyl (C=O) groups excluding carboxylic acids is 1. The average molecular weight is 502 g/mol. The van der Waals surface area contributed by atoms with Crippen LogP contribution in [0.25, 0.3) is 16.9 Å². The molecular weight excluding hydrogens is 470 g/mol. The smallest absolute Gasteiger partial charge is 0.226 e. The fourth-order valence-corrected chi connectivity index (χ4v) is 5.44. The Kier molecular flexibility index (Phi) is 7.23. The number of rotatable bonds is 7. The quantitative estimate of drug-likeness (QED) is 0.353. The van der Waals surface area contributed by atoms with Crippen LogP contribution in [0, 0.1) is 12.8 Å². The van der Waals surface area contributed by atoms with Crippen molar-refractivity contribution in [3.05, 3.63) is 88.8 Å². The lowest BCUT2D eigenvalue weighted by molar-refractivity contribution is -0.121. The van der Waals surface area contributed by atoms with Crippen LogP contribution in [0.2, 0.25) is 5.02 Å². The van der Waals surface area contributed by atoms with E-state index in [1.807, 2.05) is 73.5 Å². The zero-order valence-corrected chi connectivity index (χ0v) is 21.6. The molecule has 2 atom stereocenters. The predicted molar refractivity (Wildman–Crippen MR) is 143 cm³/mol. The molecule has 0 saturated heterocycles. The molecule has 2 aromatic heterocycles. The minimum Gasteiger partial charge on any atom is -0.353 e. The van der Waals surface area contributed by atoms with Gasteiger partial charge in [-0.3, -0.25) is 9.48 Å². The molecule has 2 unspecified atom stereocenters. The highest BCUT2D eigenvalue weighted by molar-refractivity contribution is 6.30. The third-order valence-electron chi connectivity index (χ3n) is 7.22. The summed E-state index contributed by atoms with van der Waals surface area (Å²) in [4.78, 5) is 13.4. The second-order valence-electron chi connectivity index (χ2n) is 9.80. The minimum atomic E-state index is 0.0425. The number of halogens is 1. The topological polar surface area (TPSA) is 64.7 Å². The molecule has 1 N–H and O–H groups in total. The van der Waals surface area contributed by atoms with Crippen molar-refractivity contribution < 1.29 is 4.79 Å². The van der Waals surface area contributed by atoms with Crippen LogP contribution in [-0.2, 0) is 24.7 Å². The molecule has 2 aromatic carbocycles. The highest BCUT2D eigenvalue weighted by Gasteiger charge is 2.28. The number of hydrogen-bond acceptors (Lipinski definition) is 3. The van der Waals surface area contributed by atoms with Gasteiger partial charge in [-0.1, -0.05) is 54.8 Å². The van der Waals surface area contributed by atoms with Crippen molar-refractivity contribution in [2.45, 2.75) is 51.5 Å². The van der Waals surface area contributed by atoms with Crippen LogP contribution in [0.4, 0.5) is 0 Å². The number of para-hydroxylation sites is 1. The molecule has 7 heteroatoms. The minimum absolute atomic E-state index is 0.0425. The molecule has 1 amide bonds. The molecule has 1 fully saturated rings. The second-order valence-corrected chi connectivity index (χ2v) is 10.2. The molecule has 36 heavy (non-hydrogen) atoms. The molecule has 0 bridgehead atoms. The zero-order chi connectivity index (χ0) is 25.1. The highest BCUT2D eigenvalue weighted by atomic mass is 35.5. The van der Waals surface area contributed by atoms with E-state index in [4.69, 9.17) is 16.7 Å². The predicted octanol–water partition coefficient (Wildman–Crippen LogP) is 5.69. The number of benzene rings is 2. The lowest BCUT2D eigenvalue weighted by atomic mass is 9.80. The van der Waals surface area contributed by atoms with Gasteiger partial charge in [0.1, 0.15) is 0 Å². The maximum absolute atomic E-state index is 13.4. The van der Waals surface area contributed by atoms with Gasteiger partial charge in [0.2, 0.25) is 5.91 Å². The van der Waals surface area contributed by atoms with Gasteiger partial charge in [0.25, 0.3) is 0 Å². The van der Waals surface area contributed by atoms with Crippen molar-refractivity contribution in [2.24, 2.45) is 13.0 Å². The molecular formula is C29H32ClN5O. The van der Waals surface area contributed by atoms with Crippen LogP contribution in [0.5, 0.6) is 0 Å². The van der Waals surface area contributed by atoms with E-state index in [1.54, 1.807) is 4.68 Å². The van der Waals surface area contributed by atoms with Crippen molar-refractivity contribution in [1.82, 2.24) is 24.9 Å². The summed E-state index contributed by atoms with van der Waals surface area (Å²) in [5.41, 5.74) is 5.92. The summed E-state index contributed by atoms with van der Waals surface area (Å²) >= 11 is 6.07. The largest absolute Gasteiger partial charge is 0.353 e. The molecule has 4 aromatic rings. The van der Waals surface area contributed by atoms with E-state index in [-0.39, 0.29) is 18.4 Å². The van der Waals surface area contributed by atoms with Crippen LogP contribution in [0.3, 0.4) is 0 Å². The zero-order valence-electron chi connectivity index (χ0n) is 20.8. The van der Waals surface area contributed by atoms with Gasteiger partial charge in [-0.2, -0.15) is 10.2 Å². The first-order chi connectivity index (χ1) is 17.5. The summed E-state index contributed by atoms with van der Waals surface area (Å²) in [7, 11) is 1.89. The Labute approximate surface area is 217 Å². The number of hydrogen-bond donors (Lipinski definition) is 1. The Morgan fingerprint density at radius 3 is 2.56 bits per heavy atom. The van der Waals surface area contributed by atoms with E-state index in [0.29, 0.717) is 5.92 Å². The van der Waals surface area contributed by atoms with Crippen LogP contribution in [0.1, 0.15) is 42.5 Å². The molecule has 5 rings (SSSR count). The summed E-state index contributed by atoms with van der Waals surface area (Å²) in [6.45, 7) is 2.04. The van der Waals surface area contributed by atoms with Crippen LogP contribution in [0.15, 0.2) is 67.0 Å². The van der Waals surface area contributed by atoms with Gasteiger partial charge < -0.3 is 5.32 Å². The number of aryl methyl sites for hydroxylation is 1. The number of carbonyl (C=O) groups is 1. The normalized spacial score (nSPS) is 17.8. The molecule has 2 heterocycles. The maximum Gasteiger partial charge on any atom is 0.226 e. The summed E-state index contributed by atoms with van der Waals surface area (Å²) < 4.78 is 3.68. The third-order valence-corrected chi connectivity index (χ3v) is 7.47. The van der Waals surface area contributed by atoms with E-state index in [1.165, 1.54) is 12.0 Å². The third kappa shape index (κ3) is 5.39. The number of nitrogens with zero attached hydrogens (tertiary/aromatic N) is 4. The first-order valence-corrected chi connectivity index (χ1v) is 13.0. The molecule has 0 aliphatic heterocycles.